The Hall–Kier alpha value is -2.81. The standard InChI is InChI=1S/C14H14N4O4S/c1-3-22-13(19)12-9(2)16-14(23-12)17-15-8-10-6-4-5-7-11(10)18(20)21/h4-8H,3H2,1-2H3,(H,16,17)/b15-8+. The number of carbonyl (C=O) groups is 1. The molecule has 0 spiro atoms. The number of carbonyl (C=O) groups excluding carboxylic acids is 1. The summed E-state index contributed by atoms with van der Waals surface area (Å²) >= 11 is 1.11. The molecule has 1 aromatic heterocycles. The minimum absolute atomic E-state index is 0.0411. The summed E-state index contributed by atoms with van der Waals surface area (Å²) in [5, 5.41) is 15.2. The lowest BCUT2D eigenvalue weighted by Crippen LogP contribution is -2.03. The lowest BCUT2D eigenvalue weighted by atomic mass is 10.2. The minimum atomic E-state index is -0.478. The zero-order chi connectivity index (χ0) is 16.8. The second kappa shape index (κ2) is 7.45. The SMILES string of the molecule is CCOC(=O)c1sc(N/N=C/c2ccccc2[N+](=O)[O-])nc1C. The number of esters is 1. The van der Waals surface area contributed by atoms with E-state index in [1.165, 1.54) is 12.3 Å². The Balaban J connectivity index is 2.11. The molecule has 0 amide bonds. The van der Waals surface area contributed by atoms with Gasteiger partial charge in [0.15, 0.2) is 0 Å². The number of benzene rings is 1. The van der Waals surface area contributed by atoms with Gasteiger partial charge in [-0.15, -0.1) is 0 Å². The van der Waals surface area contributed by atoms with Crippen LogP contribution in [0, 0.1) is 17.0 Å². The number of nitro groups is 1. The van der Waals surface area contributed by atoms with Crippen LogP contribution in [0.15, 0.2) is 29.4 Å². The molecule has 1 N–H and O–H groups in total. The van der Waals surface area contributed by atoms with Crippen molar-refractivity contribution in [1.82, 2.24) is 4.98 Å². The van der Waals surface area contributed by atoms with Gasteiger partial charge in [-0.3, -0.25) is 15.5 Å². The first-order valence-electron chi connectivity index (χ1n) is 6.70. The molecular formula is C14H14N4O4S. The number of nitrogens with zero attached hydrogens (tertiary/aromatic N) is 3. The molecule has 0 bridgehead atoms. The predicted molar refractivity (Wildman–Crippen MR) is 87.1 cm³/mol. The molecule has 0 fully saturated rings. The number of hydrazone groups is 1. The number of thiazole rings is 1. The van der Waals surface area contributed by atoms with Gasteiger partial charge in [0.1, 0.15) is 4.88 Å². The molecule has 23 heavy (non-hydrogen) atoms. The minimum Gasteiger partial charge on any atom is -0.462 e. The summed E-state index contributed by atoms with van der Waals surface area (Å²) in [5.41, 5.74) is 3.53. The Morgan fingerprint density at radius 2 is 2.26 bits per heavy atom. The molecule has 1 heterocycles. The predicted octanol–water partition coefficient (Wildman–Crippen LogP) is 2.98. The van der Waals surface area contributed by atoms with Gasteiger partial charge in [-0.05, 0) is 19.9 Å². The number of aryl methyl sites for hydroxylation is 1. The second-order valence-electron chi connectivity index (χ2n) is 4.34. The van der Waals surface area contributed by atoms with Gasteiger partial charge in [0.2, 0.25) is 5.13 Å². The number of aromatic nitrogens is 1. The van der Waals surface area contributed by atoms with Crippen LogP contribution in [0.1, 0.15) is 27.9 Å². The van der Waals surface area contributed by atoms with Gasteiger partial charge in [0.05, 0.1) is 29.0 Å². The number of anilines is 1. The molecule has 0 saturated carbocycles. The van der Waals surface area contributed by atoms with Crippen molar-refractivity contribution in [3.8, 4) is 0 Å². The summed E-state index contributed by atoms with van der Waals surface area (Å²) in [6.07, 6.45) is 1.33. The van der Waals surface area contributed by atoms with Crippen molar-refractivity contribution in [2.75, 3.05) is 12.0 Å². The van der Waals surface area contributed by atoms with Crippen LogP contribution in [0.4, 0.5) is 10.8 Å². The fourth-order valence-electron chi connectivity index (χ4n) is 1.75. The maximum absolute atomic E-state index is 11.7. The Bertz CT molecular complexity index is 757. The third-order valence-corrected chi connectivity index (χ3v) is 3.80. The molecule has 0 saturated heterocycles. The van der Waals surface area contributed by atoms with Crippen molar-refractivity contribution < 1.29 is 14.5 Å². The molecule has 1 aromatic carbocycles. The third kappa shape index (κ3) is 4.10. The van der Waals surface area contributed by atoms with Crippen LogP contribution in [0.5, 0.6) is 0 Å². The topological polar surface area (TPSA) is 107 Å². The zero-order valence-corrected chi connectivity index (χ0v) is 13.3. The van der Waals surface area contributed by atoms with Crippen LogP contribution in [-0.2, 0) is 4.74 Å². The number of hydrogen-bond acceptors (Lipinski definition) is 8. The maximum atomic E-state index is 11.7. The van der Waals surface area contributed by atoms with Gasteiger partial charge in [-0.25, -0.2) is 9.78 Å². The van der Waals surface area contributed by atoms with Gasteiger partial charge in [0.25, 0.3) is 5.69 Å². The smallest absolute Gasteiger partial charge is 0.350 e. The van der Waals surface area contributed by atoms with Gasteiger partial charge >= 0.3 is 5.97 Å². The van der Waals surface area contributed by atoms with Crippen LogP contribution >= 0.6 is 11.3 Å². The van der Waals surface area contributed by atoms with Crippen molar-refractivity contribution in [3.63, 3.8) is 0 Å². The average molecular weight is 334 g/mol. The quantitative estimate of drug-likeness (QED) is 0.377. The third-order valence-electron chi connectivity index (χ3n) is 2.75. The highest BCUT2D eigenvalue weighted by atomic mass is 32.1. The summed E-state index contributed by atoms with van der Waals surface area (Å²) in [6, 6.07) is 6.24. The summed E-state index contributed by atoms with van der Waals surface area (Å²) in [5.74, 6) is -0.432. The molecule has 0 atom stereocenters. The van der Waals surface area contributed by atoms with E-state index < -0.39 is 10.9 Å². The zero-order valence-electron chi connectivity index (χ0n) is 12.5. The van der Waals surface area contributed by atoms with Crippen LogP contribution in [-0.4, -0.2) is 28.7 Å². The first kappa shape index (κ1) is 16.6. The summed E-state index contributed by atoms with van der Waals surface area (Å²) in [6.45, 7) is 3.71. The van der Waals surface area contributed by atoms with Crippen molar-refractivity contribution in [1.29, 1.82) is 0 Å². The normalized spacial score (nSPS) is 10.7. The molecule has 0 unspecified atom stereocenters. The van der Waals surface area contributed by atoms with E-state index >= 15 is 0 Å². The molecule has 2 rings (SSSR count). The number of rotatable bonds is 6. The summed E-state index contributed by atoms with van der Waals surface area (Å²) < 4.78 is 4.93. The number of para-hydroxylation sites is 1. The van der Waals surface area contributed by atoms with Crippen LogP contribution < -0.4 is 5.43 Å². The van der Waals surface area contributed by atoms with E-state index in [0.29, 0.717) is 21.3 Å². The van der Waals surface area contributed by atoms with E-state index in [-0.39, 0.29) is 12.3 Å². The monoisotopic (exact) mass is 334 g/mol. The Morgan fingerprint density at radius 1 is 1.52 bits per heavy atom. The van der Waals surface area contributed by atoms with E-state index in [1.807, 2.05) is 0 Å². The number of ether oxygens (including phenoxy) is 1. The fraction of sp³-hybridized carbons (Fsp3) is 0.214. The fourth-order valence-corrected chi connectivity index (χ4v) is 2.56. The number of nitro benzene ring substituents is 1. The highest BCUT2D eigenvalue weighted by Crippen LogP contribution is 2.23. The number of hydrogen-bond donors (Lipinski definition) is 1. The lowest BCUT2D eigenvalue weighted by Gasteiger charge is -1.97. The lowest BCUT2D eigenvalue weighted by molar-refractivity contribution is -0.385. The second-order valence-corrected chi connectivity index (χ2v) is 5.34. The molecule has 0 radical (unpaired) electrons. The maximum Gasteiger partial charge on any atom is 0.350 e. The van der Waals surface area contributed by atoms with Crippen LogP contribution in [0.3, 0.4) is 0 Å². The van der Waals surface area contributed by atoms with Crippen LogP contribution in [0.25, 0.3) is 0 Å². The summed E-state index contributed by atoms with van der Waals surface area (Å²) in [4.78, 5) is 26.7. The molecule has 0 aliphatic heterocycles. The van der Waals surface area contributed by atoms with E-state index in [0.717, 1.165) is 11.3 Å². The van der Waals surface area contributed by atoms with Gasteiger partial charge in [0, 0.05) is 6.07 Å². The molecule has 2 aromatic rings. The Kier molecular flexibility index (Phi) is 5.36. The van der Waals surface area contributed by atoms with E-state index in [4.69, 9.17) is 4.74 Å². The van der Waals surface area contributed by atoms with Gasteiger partial charge in [-0.2, -0.15) is 5.10 Å². The summed E-state index contributed by atoms with van der Waals surface area (Å²) in [7, 11) is 0. The van der Waals surface area contributed by atoms with Crippen molar-refractivity contribution in [3.05, 3.63) is 50.5 Å². The highest BCUT2D eigenvalue weighted by molar-refractivity contribution is 7.17. The average Bonchev–Trinajstić information content (AvgIpc) is 2.89. The molecule has 120 valence electrons. The van der Waals surface area contributed by atoms with Crippen molar-refractivity contribution in [2.24, 2.45) is 5.10 Å². The molecule has 9 heteroatoms. The Labute approximate surface area is 136 Å². The first-order chi connectivity index (χ1) is 11.0. The van der Waals surface area contributed by atoms with Crippen LogP contribution in [0.2, 0.25) is 0 Å². The molecular weight excluding hydrogens is 320 g/mol. The van der Waals surface area contributed by atoms with Crippen molar-refractivity contribution >= 4 is 34.3 Å². The Morgan fingerprint density at radius 3 is 2.96 bits per heavy atom. The van der Waals surface area contributed by atoms with Gasteiger partial charge < -0.3 is 4.74 Å². The van der Waals surface area contributed by atoms with E-state index in [9.17, 15) is 14.9 Å². The van der Waals surface area contributed by atoms with Gasteiger partial charge in [-0.1, -0.05) is 23.5 Å². The molecule has 0 aliphatic rings. The van der Waals surface area contributed by atoms with E-state index in [1.54, 1.807) is 32.0 Å². The molecule has 0 aliphatic carbocycles. The van der Waals surface area contributed by atoms with E-state index in [2.05, 4.69) is 15.5 Å². The number of nitrogens with one attached hydrogen (secondary N) is 1. The highest BCUT2D eigenvalue weighted by Gasteiger charge is 2.16. The largest absolute Gasteiger partial charge is 0.462 e. The van der Waals surface area contributed by atoms with Crippen molar-refractivity contribution in [2.45, 2.75) is 13.8 Å². The molecule has 8 nitrogen and oxygen atoms in total. The first-order valence-corrected chi connectivity index (χ1v) is 7.51.